The lowest BCUT2D eigenvalue weighted by Crippen LogP contribution is -2.66. The first-order valence-corrected chi connectivity index (χ1v) is 13.2. The monoisotopic (exact) mass is 486 g/mol. The number of anilines is 2. The van der Waals surface area contributed by atoms with Crippen molar-refractivity contribution >= 4 is 37.1 Å². The number of nitrogens with zero attached hydrogens (tertiary/aromatic N) is 2. The van der Waals surface area contributed by atoms with Crippen molar-refractivity contribution in [2.24, 2.45) is 5.41 Å². The average Bonchev–Trinajstić information content (AvgIpc) is 2.76. The lowest BCUT2D eigenvalue weighted by molar-refractivity contribution is -0.140. The summed E-state index contributed by atoms with van der Waals surface area (Å²) in [5, 5.41) is 1.11. The average molecular weight is 487 g/mol. The van der Waals surface area contributed by atoms with Crippen LogP contribution in [0.4, 0.5) is 11.4 Å². The maximum absolute atomic E-state index is 14.1. The van der Waals surface area contributed by atoms with E-state index in [9.17, 15) is 9.59 Å². The summed E-state index contributed by atoms with van der Waals surface area (Å²) in [6.45, 7) is 15.9. The summed E-state index contributed by atoms with van der Waals surface area (Å²) < 4.78 is 0. The van der Waals surface area contributed by atoms with Crippen molar-refractivity contribution in [2.75, 3.05) is 9.80 Å². The Morgan fingerprint density at radius 3 is 1.40 bits per heavy atom. The number of carbonyl (C=O) groups excluding carboxylic acids is 2. The van der Waals surface area contributed by atoms with E-state index in [0.29, 0.717) is 0 Å². The van der Waals surface area contributed by atoms with Crippen LogP contribution >= 0.6 is 8.58 Å². The summed E-state index contributed by atoms with van der Waals surface area (Å²) in [7, 11) is 0.203. The number of carbonyl (C=O) groups is 2. The zero-order chi connectivity index (χ0) is 25.7. The molecule has 0 aliphatic carbocycles. The van der Waals surface area contributed by atoms with Gasteiger partial charge in [0.1, 0.15) is 11.3 Å². The summed E-state index contributed by atoms with van der Waals surface area (Å²) in [4.78, 5) is 32.1. The standard InChI is InChI=1S/C30H35N2O2P/c1-18-14-20(3)25(21(4)15-18)31-27(33)30(7,8)28(34)32(26-22(5)16-19(2)17-23(26)6)29(31)35-24-12-10-9-11-13-24/h9-17,29,35H,1-8H3. The maximum Gasteiger partial charge on any atom is 0.244 e. The van der Waals surface area contributed by atoms with Crippen LogP contribution in [-0.4, -0.2) is 17.7 Å². The van der Waals surface area contributed by atoms with Gasteiger partial charge in [-0.1, -0.05) is 65.7 Å². The van der Waals surface area contributed by atoms with Crippen LogP contribution in [0.3, 0.4) is 0 Å². The minimum atomic E-state index is -1.19. The Bertz CT molecular complexity index is 1190. The predicted octanol–water partition coefficient (Wildman–Crippen LogP) is 6.23. The van der Waals surface area contributed by atoms with Crippen LogP contribution in [0.25, 0.3) is 0 Å². The van der Waals surface area contributed by atoms with Gasteiger partial charge in [-0.3, -0.25) is 19.4 Å². The van der Waals surface area contributed by atoms with Crippen LogP contribution in [0.2, 0.25) is 0 Å². The number of hydrogen-bond acceptors (Lipinski definition) is 2. The molecule has 0 spiro atoms. The molecule has 0 bridgehead atoms. The normalized spacial score (nSPS) is 16.6. The van der Waals surface area contributed by atoms with Gasteiger partial charge in [0.2, 0.25) is 11.8 Å². The van der Waals surface area contributed by atoms with Gasteiger partial charge in [0.15, 0.2) is 0 Å². The van der Waals surface area contributed by atoms with Gasteiger partial charge in [-0.05, 0) is 91.5 Å². The van der Waals surface area contributed by atoms with Crippen molar-refractivity contribution in [3.05, 3.63) is 88.0 Å². The van der Waals surface area contributed by atoms with Crippen molar-refractivity contribution in [3.8, 4) is 0 Å². The molecule has 4 rings (SSSR count). The van der Waals surface area contributed by atoms with E-state index < -0.39 is 11.3 Å². The highest BCUT2D eigenvalue weighted by molar-refractivity contribution is 7.48. The first-order chi connectivity index (χ1) is 16.4. The van der Waals surface area contributed by atoms with E-state index in [0.717, 1.165) is 50.1 Å². The van der Waals surface area contributed by atoms with Gasteiger partial charge in [0.05, 0.1) is 11.4 Å². The van der Waals surface area contributed by atoms with Crippen LogP contribution < -0.4 is 15.1 Å². The van der Waals surface area contributed by atoms with Crippen molar-refractivity contribution < 1.29 is 9.59 Å². The van der Waals surface area contributed by atoms with Crippen molar-refractivity contribution in [1.82, 2.24) is 0 Å². The molecule has 1 fully saturated rings. The van der Waals surface area contributed by atoms with E-state index in [1.165, 1.54) is 0 Å². The fourth-order valence-corrected chi connectivity index (χ4v) is 6.83. The van der Waals surface area contributed by atoms with Crippen LogP contribution in [0.15, 0.2) is 54.6 Å². The molecular weight excluding hydrogens is 451 g/mol. The molecule has 0 N–H and O–H groups in total. The van der Waals surface area contributed by atoms with Crippen molar-refractivity contribution in [1.29, 1.82) is 0 Å². The van der Waals surface area contributed by atoms with Crippen LogP contribution in [-0.2, 0) is 9.59 Å². The molecule has 4 nitrogen and oxygen atoms in total. The molecule has 5 heteroatoms. The Morgan fingerprint density at radius 1 is 0.657 bits per heavy atom. The third-order valence-corrected chi connectivity index (χ3v) is 8.26. The van der Waals surface area contributed by atoms with E-state index in [1.807, 2.05) is 28.0 Å². The van der Waals surface area contributed by atoms with Gasteiger partial charge < -0.3 is 0 Å². The molecule has 1 atom stereocenters. The van der Waals surface area contributed by atoms with Gasteiger partial charge in [-0.2, -0.15) is 0 Å². The lowest BCUT2D eigenvalue weighted by Gasteiger charge is -2.50. The number of rotatable bonds is 4. The maximum atomic E-state index is 14.1. The van der Waals surface area contributed by atoms with E-state index in [2.05, 4.69) is 77.9 Å². The molecule has 0 saturated carbocycles. The van der Waals surface area contributed by atoms with Crippen LogP contribution in [0, 0.1) is 47.0 Å². The van der Waals surface area contributed by atoms with E-state index in [1.54, 1.807) is 13.8 Å². The minimum Gasteiger partial charge on any atom is -0.286 e. The SMILES string of the molecule is Cc1cc(C)c(N2C(=O)C(C)(C)C(=O)N(c3c(C)cc(C)cc3C)C2Pc2ccccc2)c(C)c1. The molecular formula is C30H35N2O2P. The molecule has 1 saturated heterocycles. The predicted molar refractivity (Wildman–Crippen MR) is 148 cm³/mol. The van der Waals surface area contributed by atoms with Gasteiger partial charge in [-0.25, -0.2) is 0 Å². The smallest absolute Gasteiger partial charge is 0.244 e. The molecule has 1 aliphatic rings. The zero-order valence-corrected chi connectivity index (χ0v) is 23.0. The quantitative estimate of drug-likeness (QED) is 0.324. The molecule has 1 aliphatic heterocycles. The highest BCUT2D eigenvalue weighted by Gasteiger charge is 2.53. The van der Waals surface area contributed by atoms with E-state index >= 15 is 0 Å². The Kier molecular flexibility index (Phi) is 6.64. The Labute approximate surface area is 211 Å². The van der Waals surface area contributed by atoms with Gasteiger partial charge in [0.25, 0.3) is 0 Å². The lowest BCUT2D eigenvalue weighted by atomic mass is 9.86. The number of benzene rings is 3. The van der Waals surface area contributed by atoms with Crippen LogP contribution in [0.1, 0.15) is 47.2 Å². The highest BCUT2D eigenvalue weighted by atomic mass is 31.1. The first-order valence-electron chi connectivity index (χ1n) is 12.1. The molecule has 0 aromatic heterocycles. The molecule has 3 aromatic rings. The Morgan fingerprint density at radius 2 is 1.03 bits per heavy atom. The van der Waals surface area contributed by atoms with Gasteiger partial charge in [0, 0.05) is 0 Å². The summed E-state index contributed by atoms with van der Waals surface area (Å²) in [6, 6.07) is 18.6. The van der Waals surface area contributed by atoms with E-state index in [-0.39, 0.29) is 20.4 Å². The number of aryl methyl sites for hydroxylation is 6. The number of hydrogen-bond donors (Lipinski definition) is 0. The third-order valence-electron chi connectivity index (χ3n) is 6.82. The topological polar surface area (TPSA) is 40.6 Å². The zero-order valence-electron chi connectivity index (χ0n) is 22.0. The second-order valence-corrected chi connectivity index (χ2v) is 11.7. The molecule has 2 amide bonds. The molecule has 1 unspecified atom stereocenters. The van der Waals surface area contributed by atoms with Crippen molar-refractivity contribution in [3.63, 3.8) is 0 Å². The molecule has 3 aromatic carbocycles. The Hall–Kier alpha value is -2.97. The first kappa shape index (κ1) is 25.1. The second-order valence-electron chi connectivity index (χ2n) is 10.4. The summed E-state index contributed by atoms with van der Waals surface area (Å²) in [5.41, 5.74) is 7.11. The van der Waals surface area contributed by atoms with Crippen molar-refractivity contribution in [2.45, 2.75) is 61.3 Å². The molecule has 0 radical (unpaired) electrons. The molecule has 35 heavy (non-hydrogen) atoms. The van der Waals surface area contributed by atoms with Gasteiger partial charge >= 0.3 is 0 Å². The number of amides is 2. The van der Waals surface area contributed by atoms with Crippen LogP contribution in [0.5, 0.6) is 0 Å². The Balaban J connectivity index is 2.02. The molecule has 182 valence electrons. The summed E-state index contributed by atoms with van der Waals surface area (Å²) in [6.07, 6.45) is 0. The fraction of sp³-hybridized carbons (Fsp3) is 0.333. The summed E-state index contributed by atoms with van der Waals surface area (Å²) >= 11 is 0. The second kappa shape index (κ2) is 9.24. The molecule has 1 heterocycles. The fourth-order valence-electron chi connectivity index (χ4n) is 5.40. The summed E-state index contributed by atoms with van der Waals surface area (Å²) in [5.74, 6) is -0.750. The highest BCUT2D eigenvalue weighted by Crippen LogP contribution is 2.46. The minimum absolute atomic E-state index is 0.148. The third kappa shape index (κ3) is 4.41. The van der Waals surface area contributed by atoms with Gasteiger partial charge in [-0.15, -0.1) is 0 Å². The van der Waals surface area contributed by atoms with E-state index in [4.69, 9.17) is 0 Å². The largest absolute Gasteiger partial charge is 0.286 e.